The standard InChI is InChI=1S/C14H23ClN2O3/c1-14(2,3)20-13(19)17-6-4-5-11(17)9-16-8-10(15)7-12(16)18/h10-11H,4-9H2,1-3H3. The fourth-order valence-corrected chi connectivity index (χ4v) is 3.04. The van der Waals surface area contributed by atoms with Crippen molar-refractivity contribution in [3.05, 3.63) is 0 Å². The van der Waals surface area contributed by atoms with Crippen molar-refractivity contribution in [1.29, 1.82) is 0 Å². The molecule has 0 aromatic heterocycles. The van der Waals surface area contributed by atoms with Gasteiger partial charge in [-0.1, -0.05) is 0 Å². The van der Waals surface area contributed by atoms with E-state index in [1.165, 1.54) is 0 Å². The maximum atomic E-state index is 12.2. The molecule has 2 atom stereocenters. The fraction of sp³-hybridized carbons (Fsp3) is 0.857. The van der Waals surface area contributed by atoms with E-state index in [1.807, 2.05) is 20.8 Å². The fourth-order valence-electron chi connectivity index (χ4n) is 2.74. The molecule has 0 N–H and O–H groups in total. The highest BCUT2D eigenvalue weighted by Crippen LogP contribution is 2.24. The van der Waals surface area contributed by atoms with Crippen molar-refractivity contribution >= 4 is 23.6 Å². The first-order chi connectivity index (χ1) is 9.26. The van der Waals surface area contributed by atoms with Crippen molar-refractivity contribution in [3.8, 4) is 0 Å². The van der Waals surface area contributed by atoms with Gasteiger partial charge in [-0.3, -0.25) is 4.79 Å². The van der Waals surface area contributed by atoms with Crippen LogP contribution in [0.3, 0.4) is 0 Å². The Bertz CT molecular complexity index is 394. The Balaban J connectivity index is 1.94. The lowest BCUT2D eigenvalue weighted by molar-refractivity contribution is -0.128. The molecule has 5 nitrogen and oxygen atoms in total. The van der Waals surface area contributed by atoms with E-state index in [1.54, 1.807) is 9.80 Å². The molecule has 2 aliphatic heterocycles. The number of carbonyl (C=O) groups is 2. The Hall–Kier alpha value is -0.970. The van der Waals surface area contributed by atoms with Gasteiger partial charge in [-0.05, 0) is 33.6 Å². The summed E-state index contributed by atoms with van der Waals surface area (Å²) in [6.07, 6.45) is 1.99. The van der Waals surface area contributed by atoms with E-state index in [9.17, 15) is 9.59 Å². The summed E-state index contributed by atoms with van der Waals surface area (Å²) in [5.74, 6) is 0.0843. The van der Waals surface area contributed by atoms with Crippen LogP contribution in [0.15, 0.2) is 0 Å². The Labute approximate surface area is 125 Å². The van der Waals surface area contributed by atoms with E-state index in [2.05, 4.69) is 0 Å². The van der Waals surface area contributed by atoms with Crippen LogP contribution in [0, 0.1) is 0 Å². The van der Waals surface area contributed by atoms with Crippen molar-refractivity contribution in [2.45, 2.75) is 57.1 Å². The van der Waals surface area contributed by atoms with Crippen LogP contribution >= 0.6 is 11.6 Å². The third-order valence-corrected chi connectivity index (χ3v) is 3.90. The molecule has 2 fully saturated rings. The maximum absolute atomic E-state index is 12.2. The van der Waals surface area contributed by atoms with Crippen molar-refractivity contribution in [2.24, 2.45) is 0 Å². The second-order valence-corrected chi connectivity index (χ2v) is 7.19. The molecular formula is C14H23ClN2O3. The average molecular weight is 303 g/mol. The molecule has 0 saturated carbocycles. The lowest BCUT2D eigenvalue weighted by Crippen LogP contribution is -2.45. The number of hydrogen-bond acceptors (Lipinski definition) is 3. The van der Waals surface area contributed by atoms with Gasteiger partial charge in [-0.2, -0.15) is 0 Å². The zero-order chi connectivity index (χ0) is 14.9. The molecule has 2 rings (SSSR count). The molecule has 20 heavy (non-hydrogen) atoms. The van der Waals surface area contributed by atoms with Crippen LogP contribution in [0.2, 0.25) is 0 Å². The van der Waals surface area contributed by atoms with Gasteiger partial charge in [0, 0.05) is 26.1 Å². The summed E-state index contributed by atoms with van der Waals surface area (Å²) in [5, 5.41) is -0.0983. The topological polar surface area (TPSA) is 49.9 Å². The molecular weight excluding hydrogens is 280 g/mol. The van der Waals surface area contributed by atoms with Crippen molar-refractivity contribution in [1.82, 2.24) is 9.80 Å². The minimum Gasteiger partial charge on any atom is -0.444 e. The summed E-state index contributed by atoms with van der Waals surface area (Å²) in [5.41, 5.74) is -0.491. The minimum absolute atomic E-state index is 0.0516. The van der Waals surface area contributed by atoms with Crippen LogP contribution in [-0.2, 0) is 9.53 Å². The Kier molecular flexibility index (Phi) is 4.47. The minimum atomic E-state index is -0.491. The van der Waals surface area contributed by atoms with Crippen LogP contribution in [0.5, 0.6) is 0 Å². The number of alkyl halides is 1. The van der Waals surface area contributed by atoms with E-state index < -0.39 is 5.60 Å². The molecule has 114 valence electrons. The predicted molar refractivity (Wildman–Crippen MR) is 76.8 cm³/mol. The SMILES string of the molecule is CC(C)(C)OC(=O)N1CCCC1CN1CC(Cl)CC1=O. The van der Waals surface area contributed by atoms with Gasteiger partial charge < -0.3 is 14.5 Å². The van der Waals surface area contributed by atoms with Gasteiger partial charge in [0.2, 0.25) is 5.91 Å². The van der Waals surface area contributed by atoms with Gasteiger partial charge in [0.1, 0.15) is 5.60 Å². The number of amides is 2. The molecule has 2 heterocycles. The van der Waals surface area contributed by atoms with E-state index in [0.29, 0.717) is 26.1 Å². The van der Waals surface area contributed by atoms with Gasteiger partial charge in [0.05, 0.1) is 11.4 Å². The molecule has 0 bridgehead atoms. The summed E-state index contributed by atoms with van der Waals surface area (Å²) < 4.78 is 5.42. The van der Waals surface area contributed by atoms with E-state index in [0.717, 1.165) is 12.8 Å². The van der Waals surface area contributed by atoms with E-state index in [4.69, 9.17) is 16.3 Å². The highest BCUT2D eigenvalue weighted by atomic mass is 35.5. The highest BCUT2D eigenvalue weighted by molar-refractivity contribution is 6.22. The number of likely N-dealkylation sites (tertiary alicyclic amines) is 2. The molecule has 0 aromatic carbocycles. The zero-order valence-electron chi connectivity index (χ0n) is 12.4. The number of halogens is 1. The van der Waals surface area contributed by atoms with Crippen molar-refractivity contribution < 1.29 is 14.3 Å². The second kappa shape index (κ2) is 5.80. The van der Waals surface area contributed by atoms with Gasteiger partial charge >= 0.3 is 6.09 Å². The van der Waals surface area contributed by atoms with Gasteiger partial charge in [0.25, 0.3) is 0 Å². The van der Waals surface area contributed by atoms with Crippen LogP contribution in [0.25, 0.3) is 0 Å². The van der Waals surface area contributed by atoms with E-state index >= 15 is 0 Å². The number of nitrogens with zero attached hydrogens (tertiary/aromatic N) is 2. The number of ether oxygens (including phenoxy) is 1. The molecule has 2 aliphatic rings. The summed E-state index contributed by atoms with van der Waals surface area (Å²) in [4.78, 5) is 27.5. The molecule has 0 spiro atoms. The number of rotatable bonds is 2. The number of carbonyl (C=O) groups excluding carboxylic acids is 2. The first kappa shape index (κ1) is 15.4. The third kappa shape index (κ3) is 3.78. The quantitative estimate of drug-likeness (QED) is 0.735. The lowest BCUT2D eigenvalue weighted by atomic mass is 10.2. The third-order valence-electron chi connectivity index (χ3n) is 3.60. The molecule has 6 heteroatoms. The molecule has 2 unspecified atom stereocenters. The van der Waals surface area contributed by atoms with Crippen LogP contribution in [0.1, 0.15) is 40.0 Å². The van der Waals surface area contributed by atoms with Crippen molar-refractivity contribution in [3.63, 3.8) is 0 Å². The van der Waals surface area contributed by atoms with E-state index in [-0.39, 0.29) is 23.4 Å². The van der Waals surface area contributed by atoms with Gasteiger partial charge in [-0.25, -0.2) is 4.79 Å². The molecule has 0 aliphatic carbocycles. The maximum Gasteiger partial charge on any atom is 0.410 e. The Morgan fingerprint density at radius 2 is 2.15 bits per heavy atom. The summed E-state index contributed by atoms with van der Waals surface area (Å²) in [6.45, 7) is 7.43. The Morgan fingerprint density at radius 1 is 1.45 bits per heavy atom. The molecule has 0 aromatic rings. The van der Waals surface area contributed by atoms with Gasteiger partial charge in [0.15, 0.2) is 0 Å². The Morgan fingerprint density at radius 3 is 2.70 bits per heavy atom. The summed E-state index contributed by atoms with van der Waals surface area (Å²) in [7, 11) is 0. The predicted octanol–water partition coefficient (Wildman–Crippen LogP) is 2.23. The van der Waals surface area contributed by atoms with Crippen LogP contribution < -0.4 is 0 Å². The zero-order valence-corrected chi connectivity index (χ0v) is 13.2. The van der Waals surface area contributed by atoms with Crippen LogP contribution in [0.4, 0.5) is 4.79 Å². The van der Waals surface area contributed by atoms with Crippen LogP contribution in [-0.4, -0.2) is 58.5 Å². The monoisotopic (exact) mass is 302 g/mol. The number of hydrogen-bond donors (Lipinski definition) is 0. The average Bonchev–Trinajstić information content (AvgIpc) is 2.84. The molecule has 2 amide bonds. The summed E-state index contributed by atoms with van der Waals surface area (Å²) >= 11 is 6.01. The largest absolute Gasteiger partial charge is 0.444 e. The van der Waals surface area contributed by atoms with Crippen molar-refractivity contribution in [2.75, 3.05) is 19.6 Å². The lowest BCUT2D eigenvalue weighted by Gasteiger charge is -2.30. The summed E-state index contributed by atoms with van der Waals surface area (Å²) in [6, 6.07) is 0.0516. The molecule has 2 saturated heterocycles. The smallest absolute Gasteiger partial charge is 0.410 e. The van der Waals surface area contributed by atoms with Gasteiger partial charge in [-0.15, -0.1) is 11.6 Å². The normalized spacial score (nSPS) is 27.3. The second-order valence-electron chi connectivity index (χ2n) is 6.57. The highest BCUT2D eigenvalue weighted by Gasteiger charge is 2.36. The molecule has 0 radical (unpaired) electrons. The first-order valence-electron chi connectivity index (χ1n) is 7.18. The first-order valence-corrected chi connectivity index (χ1v) is 7.61.